The zero-order valence-corrected chi connectivity index (χ0v) is 5.65. The second-order valence-corrected chi connectivity index (χ2v) is 2.41. The Morgan fingerprint density at radius 1 is 1.60 bits per heavy atom. The first-order chi connectivity index (χ1) is 4.61. The lowest BCUT2D eigenvalue weighted by molar-refractivity contribution is -0.194. The molecule has 0 aromatic carbocycles. The van der Waals surface area contributed by atoms with Gasteiger partial charge in [-0.1, -0.05) is 0 Å². The molecule has 58 valence electrons. The normalized spacial score (nSPS) is 41.9. The van der Waals surface area contributed by atoms with Gasteiger partial charge in [-0.15, -0.1) is 0 Å². The Hall–Kier alpha value is -0.450. The number of ether oxygens (including phenoxy) is 1. The molecule has 1 aliphatic heterocycles. The first-order valence-electron chi connectivity index (χ1n) is 3.15. The van der Waals surface area contributed by atoms with Crippen molar-refractivity contribution in [2.24, 2.45) is 0 Å². The van der Waals surface area contributed by atoms with Crippen LogP contribution in [0.5, 0.6) is 0 Å². The first-order valence-corrected chi connectivity index (χ1v) is 3.15. The molecule has 0 amide bonds. The molecule has 1 rings (SSSR count). The van der Waals surface area contributed by atoms with Gasteiger partial charge in [0.05, 0.1) is 12.5 Å². The molecule has 0 spiro atoms. The van der Waals surface area contributed by atoms with E-state index in [4.69, 9.17) is 14.9 Å². The maximum atomic E-state index is 10.7. The fraction of sp³-hybridized carbons (Fsp3) is 0.833. The fourth-order valence-electron chi connectivity index (χ4n) is 0.925. The molecule has 0 aromatic rings. The molecular weight excluding hydrogens is 136 g/mol. The lowest BCUT2D eigenvalue weighted by Crippen LogP contribution is -2.43. The van der Waals surface area contributed by atoms with Gasteiger partial charge in [0.2, 0.25) is 0 Å². The third kappa shape index (κ3) is 1.34. The van der Waals surface area contributed by atoms with Crippen LogP contribution >= 0.6 is 0 Å². The number of hydrogen-bond acceptors (Lipinski definition) is 4. The molecule has 4 nitrogen and oxygen atoms in total. The summed E-state index contributed by atoms with van der Waals surface area (Å²) in [4.78, 5) is 10.7. The number of ketones is 1. The van der Waals surface area contributed by atoms with Gasteiger partial charge in [0, 0.05) is 0 Å². The molecule has 2 N–H and O–H groups in total. The van der Waals surface area contributed by atoms with E-state index < -0.39 is 18.5 Å². The Morgan fingerprint density at radius 2 is 2.20 bits per heavy atom. The van der Waals surface area contributed by atoms with Crippen LogP contribution in [-0.4, -0.2) is 34.5 Å². The van der Waals surface area contributed by atoms with E-state index >= 15 is 0 Å². The average molecular weight is 146 g/mol. The zero-order chi connectivity index (χ0) is 7.72. The minimum absolute atomic E-state index is 0.106. The third-order valence-corrected chi connectivity index (χ3v) is 1.52. The van der Waals surface area contributed by atoms with E-state index in [1.807, 2.05) is 0 Å². The molecule has 1 fully saturated rings. The smallest absolute Gasteiger partial charge is 0.168 e. The van der Waals surface area contributed by atoms with Crippen molar-refractivity contribution in [2.75, 3.05) is 0 Å². The van der Waals surface area contributed by atoms with Crippen LogP contribution in [0, 0.1) is 0 Å². The first kappa shape index (κ1) is 7.65. The summed E-state index contributed by atoms with van der Waals surface area (Å²) < 4.78 is 4.75. The molecule has 4 heteroatoms. The second kappa shape index (κ2) is 2.65. The van der Waals surface area contributed by atoms with Gasteiger partial charge in [0.15, 0.2) is 12.1 Å². The van der Waals surface area contributed by atoms with Gasteiger partial charge >= 0.3 is 0 Å². The summed E-state index contributed by atoms with van der Waals surface area (Å²) in [5.74, 6) is -0.355. The van der Waals surface area contributed by atoms with E-state index in [-0.39, 0.29) is 12.2 Å². The standard InChI is InChI=1S/C6H10O4/c1-3-6(9)4(7)2-5(8)10-3/h3,5-6,8-9H,2H2,1H3/t3-,5?,6-/m0/s1. The molecule has 0 aromatic heterocycles. The van der Waals surface area contributed by atoms with Gasteiger partial charge < -0.3 is 14.9 Å². The lowest BCUT2D eigenvalue weighted by atomic mass is 10.1. The predicted octanol–water partition coefficient (Wildman–Crippen LogP) is -0.956. The number of carbonyl (C=O) groups excluding carboxylic acids is 1. The van der Waals surface area contributed by atoms with Gasteiger partial charge in [-0.3, -0.25) is 4.79 Å². The van der Waals surface area contributed by atoms with E-state index in [1.54, 1.807) is 6.92 Å². The van der Waals surface area contributed by atoms with Crippen molar-refractivity contribution < 1.29 is 19.7 Å². The van der Waals surface area contributed by atoms with Gasteiger partial charge in [-0.2, -0.15) is 0 Å². The highest BCUT2D eigenvalue weighted by molar-refractivity contribution is 5.84. The zero-order valence-electron chi connectivity index (χ0n) is 5.65. The number of carbonyl (C=O) groups is 1. The Balaban J connectivity index is 2.57. The van der Waals surface area contributed by atoms with E-state index in [9.17, 15) is 4.79 Å². The predicted molar refractivity (Wildman–Crippen MR) is 32.2 cm³/mol. The van der Waals surface area contributed by atoms with Crippen molar-refractivity contribution in [1.82, 2.24) is 0 Å². The van der Waals surface area contributed by atoms with Gasteiger partial charge in [-0.05, 0) is 6.92 Å². The monoisotopic (exact) mass is 146 g/mol. The molecule has 10 heavy (non-hydrogen) atoms. The van der Waals surface area contributed by atoms with Crippen LogP contribution in [0.4, 0.5) is 0 Å². The quantitative estimate of drug-likeness (QED) is 0.462. The topological polar surface area (TPSA) is 66.8 Å². The maximum absolute atomic E-state index is 10.7. The molecule has 0 aliphatic carbocycles. The summed E-state index contributed by atoms with van der Waals surface area (Å²) in [5.41, 5.74) is 0. The van der Waals surface area contributed by atoms with Crippen molar-refractivity contribution in [3.05, 3.63) is 0 Å². The summed E-state index contributed by atoms with van der Waals surface area (Å²) in [6.45, 7) is 1.55. The summed E-state index contributed by atoms with van der Waals surface area (Å²) in [6, 6.07) is 0. The van der Waals surface area contributed by atoms with E-state index in [0.29, 0.717) is 0 Å². The van der Waals surface area contributed by atoms with Crippen LogP contribution in [0.3, 0.4) is 0 Å². The molecule has 1 heterocycles. The SMILES string of the molecule is C[C@@H]1OC(O)CC(=O)[C@H]1O. The Morgan fingerprint density at radius 3 is 2.70 bits per heavy atom. The number of aliphatic hydroxyl groups is 2. The minimum Gasteiger partial charge on any atom is -0.383 e. The summed E-state index contributed by atoms with van der Waals surface area (Å²) in [5, 5.41) is 17.8. The average Bonchev–Trinajstić information content (AvgIpc) is 1.82. The van der Waals surface area contributed by atoms with Crippen molar-refractivity contribution in [1.29, 1.82) is 0 Å². The Bertz CT molecular complexity index is 145. The molecule has 0 saturated carbocycles. The second-order valence-electron chi connectivity index (χ2n) is 2.41. The van der Waals surface area contributed by atoms with Crippen LogP contribution in [0.2, 0.25) is 0 Å². The summed E-state index contributed by atoms with van der Waals surface area (Å²) >= 11 is 0. The highest BCUT2D eigenvalue weighted by atomic mass is 16.6. The molecule has 1 unspecified atom stereocenters. The Labute approximate surface area is 58.4 Å². The van der Waals surface area contributed by atoms with Crippen molar-refractivity contribution >= 4 is 5.78 Å². The molecule has 1 saturated heterocycles. The number of hydrogen-bond donors (Lipinski definition) is 2. The van der Waals surface area contributed by atoms with Crippen LogP contribution in [0.25, 0.3) is 0 Å². The lowest BCUT2D eigenvalue weighted by Gasteiger charge is -2.27. The molecule has 0 radical (unpaired) electrons. The molecule has 0 bridgehead atoms. The molecule has 1 aliphatic rings. The highest BCUT2D eigenvalue weighted by Gasteiger charge is 2.32. The van der Waals surface area contributed by atoms with E-state index in [0.717, 1.165) is 0 Å². The third-order valence-electron chi connectivity index (χ3n) is 1.52. The number of Topliss-reactive ketones (excluding diaryl/α,β-unsaturated/α-hetero) is 1. The fourth-order valence-corrected chi connectivity index (χ4v) is 0.925. The van der Waals surface area contributed by atoms with E-state index in [1.165, 1.54) is 0 Å². The van der Waals surface area contributed by atoms with E-state index in [2.05, 4.69) is 0 Å². The van der Waals surface area contributed by atoms with Crippen molar-refractivity contribution in [3.8, 4) is 0 Å². The van der Waals surface area contributed by atoms with Gasteiger partial charge in [0.1, 0.15) is 6.10 Å². The van der Waals surface area contributed by atoms with Crippen molar-refractivity contribution in [2.45, 2.75) is 31.8 Å². The maximum Gasteiger partial charge on any atom is 0.168 e. The van der Waals surface area contributed by atoms with Crippen molar-refractivity contribution in [3.63, 3.8) is 0 Å². The molecular formula is C6H10O4. The largest absolute Gasteiger partial charge is 0.383 e. The summed E-state index contributed by atoms with van der Waals surface area (Å²) in [6.07, 6.45) is -2.79. The van der Waals surface area contributed by atoms with Crippen LogP contribution in [0.15, 0.2) is 0 Å². The van der Waals surface area contributed by atoms with Crippen LogP contribution in [-0.2, 0) is 9.53 Å². The highest BCUT2D eigenvalue weighted by Crippen LogP contribution is 2.13. The van der Waals surface area contributed by atoms with Gasteiger partial charge in [-0.25, -0.2) is 0 Å². The number of aliphatic hydroxyl groups excluding tert-OH is 2. The Kier molecular flexibility index (Phi) is 2.03. The van der Waals surface area contributed by atoms with Gasteiger partial charge in [0.25, 0.3) is 0 Å². The van der Waals surface area contributed by atoms with Crippen LogP contribution < -0.4 is 0 Å². The summed E-state index contributed by atoms with van der Waals surface area (Å²) in [7, 11) is 0. The van der Waals surface area contributed by atoms with Crippen LogP contribution in [0.1, 0.15) is 13.3 Å². The minimum atomic E-state index is -1.07. The molecule has 3 atom stereocenters. The number of rotatable bonds is 0.